The van der Waals surface area contributed by atoms with Crippen molar-refractivity contribution < 1.29 is 28.0 Å². The van der Waals surface area contributed by atoms with Crippen LogP contribution in [0.2, 0.25) is 0 Å². The summed E-state index contributed by atoms with van der Waals surface area (Å²) >= 11 is 0. The number of benzene rings is 3. The fraction of sp³-hybridized carbons (Fsp3) is 0.227. The van der Waals surface area contributed by atoms with Crippen LogP contribution in [0, 0.1) is 41.2 Å². The summed E-state index contributed by atoms with van der Waals surface area (Å²) in [4.78, 5) is 55.4. The Balaban J connectivity index is 1.05. The summed E-state index contributed by atoms with van der Waals surface area (Å²) in [6, 6.07) is 19.9. The van der Waals surface area contributed by atoms with Gasteiger partial charge >= 0.3 is 12.1 Å². The second kappa shape index (κ2) is 17.8. The lowest BCUT2D eigenvalue weighted by Crippen LogP contribution is -2.65. The molecule has 2 saturated heterocycles. The number of aryl methyl sites for hydroxylation is 1. The number of carbonyl (C=O) groups excluding carboxylic acids is 4. The number of hydrogen-bond donors (Lipinski definition) is 6. The highest BCUT2D eigenvalue weighted by molar-refractivity contribution is 6.07. The van der Waals surface area contributed by atoms with Gasteiger partial charge in [0, 0.05) is 41.2 Å². The normalized spacial score (nSPS) is 14.8. The zero-order valence-electron chi connectivity index (χ0n) is 34.7. The van der Waals surface area contributed by atoms with E-state index in [-0.39, 0.29) is 73.5 Å². The molecule has 4 heterocycles. The van der Waals surface area contributed by atoms with Crippen LogP contribution in [-0.4, -0.2) is 79.4 Å². The Morgan fingerprint density at radius 3 is 1.89 bits per heavy atom. The molecule has 7 rings (SSSR count). The van der Waals surface area contributed by atoms with Crippen LogP contribution in [0.5, 0.6) is 0 Å². The van der Waals surface area contributed by atoms with E-state index in [1.807, 2.05) is 25.1 Å². The lowest BCUT2D eigenvalue weighted by molar-refractivity contribution is 0.0400. The van der Waals surface area contributed by atoms with Crippen LogP contribution in [0.1, 0.15) is 46.0 Å². The summed E-state index contributed by atoms with van der Waals surface area (Å²) in [7, 11) is 0. The lowest BCUT2D eigenvalue weighted by Gasteiger charge is -2.48. The molecule has 20 heteroatoms. The molecule has 326 valence electrons. The molecule has 0 unspecified atom stereocenters. The van der Waals surface area contributed by atoms with Gasteiger partial charge in [0.25, 0.3) is 11.8 Å². The van der Waals surface area contributed by atoms with E-state index < -0.39 is 40.6 Å². The summed E-state index contributed by atoms with van der Waals surface area (Å²) in [5.41, 5.74) is 6.68. The van der Waals surface area contributed by atoms with E-state index in [2.05, 4.69) is 55.5 Å². The van der Waals surface area contributed by atoms with Crippen molar-refractivity contribution in [2.24, 2.45) is 5.73 Å². The number of carbonyl (C=O) groups is 4. The van der Waals surface area contributed by atoms with Crippen LogP contribution in [0.15, 0.2) is 104 Å². The maximum Gasteiger partial charge on any atom is 0.322 e. The second-order valence-electron chi connectivity index (χ2n) is 15.4. The number of rotatable bonds is 14. The van der Waals surface area contributed by atoms with Gasteiger partial charge in [-0.2, -0.15) is 20.7 Å². The Bertz CT molecular complexity index is 2770. The number of primary amides is 1. The molecule has 5 aromatic rings. The predicted molar refractivity (Wildman–Crippen MR) is 233 cm³/mol. The fourth-order valence-corrected chi connectivity index (χ4v) is 7.39. The summed E-state index contributed by atoms with van der Waals surface area (Å²) < 4.78 is 30.6. The molecule has 0 atom stereocenters. The predicted octanol–water partition coefficient (Wildman–Crippen LogP) is 6.58. The second-order valence-corrected chi connectivity index (χ2v) is 15.4. The molecule has 0 aliphatic carbocycles. The number of para-hydroxylation sites is 1. The number of likely N-dealkylation sites (tertiary alicyclic amines) is 2. The van der Waals surface area contributed by atoms with E-state index in [9.17, 15) is 38.5 Å². The zero-order chi connectivity index (χ0) is 45.8. The average Bonchev–Trinajstić information content (AvgIpc) is 3.87. The van der Waals surface area contributed by atoms with E-state index in [0.717, 1.165) is 17.7 Å². The average molecular weight is 869 g/mol. The number of aromatic nitrogens is 4. The van der Waals surface area contributed by atoms with Gasteiger partial charge in [0.05, 0.1) is 56.8 Å². The van der Waals surface area contributed by atoms with Gasteiger partial charge in [-0.3, -0.25) is 19.0 Å². The molecular weight excluding hydrogens is 827 g/mol. The fourth-order valence-electron chi connectivity index (χ4n) is 7.39. The molecule has 0 bridgehead atoms. The van der Waals surface area contributed by atoms with Crippen LogP contribution < -0.4 is 32.3 Å². The molecule has 0 spiro atoms. The van der Waals surface area contributed by atoms with Gasteiger partial charge in [0.15, 0.2) is 11.6 Å². The van der Waals surface area contributed by atoms with Gasteiger partial charge in [0.1, 0.15) is 33.8 Å². The topological polar surface area (TPSA) is 244 Å². The molecule has 6 amide bonds. The summed E-state index contributed by atoms with van der Waals surface area (Å²) in [5, 5.41) is 43.1. The Labute approximate surface area is 365 Å². The van der Waals surface area contributed by atoms with Crippen molar-refractivity contribution in [3.8, 4) is 12.1 Å². The van der Waals surface area contributed by atoms with Crippen molar-refractivity contribution in [1.82, 2.24) is 29.4 Å². The number of halogens is 2. The van der Waals surface area contributed by atoms with Crippen LogP contribution in [0.4, 0.5) is 52.8 Å². The van der Waals surface area contributed by atoms with Crippen molar-refractivity contribution in [3.63, 3.8) is 0 Å². The quantitative estimate of drug-likeness (QED) is 0.0655. The molecule has 18 nitrogen and oxygen atoms in total. The third-order valence-corrected chi connectivity index (χ3v) is 11.0. The van der Waals surface area contributed by atoms with Crippen molar-refractivity contribution in [2.45, 2.75) is 37.8 Å². The largest absolute Gasteiger partial charge is 0.365 e. The molecule has 3 aromatic carbocycles. The maximum atomic E-state index is 14.3. The smallest absolute Gasteiger partial charge is 0.322 e. The highest BCUT2D eigenvalue weighted by Crippen LogP contribution is 2.37. The number of urea groups is 2. The SMILES string of the molecule is C=C/C(=C\C)Nc1nn(C2(CC#N)CN(C(=O)Nc3ccc(F)cc3F)C2)cc1C(=O)Nc1ccc(Nc2nn(C3(CC#N)CN(C(=O)Nc4ccccc4C)C3)cc2C(N)=O)cc1. The highest BCUT2D eigenvalue weighted by atomic mass is 19.1. The van der Waals surface area contributed by atoms with Gasteiger partial charge in [-0.05, 0) is 68.0 Å². The minimum Gasteiger partial charge on any atom is -0.365 e. The van der Waals surface area contributed by atoms with Gasteiger partial charge in [-0.15, -0.1) is 0 Å². The number of nitrogens with two attached hydrogens (primary N) is 1. The van der Waals surface area contributed by atoms with E-state index in [1.165, 1.54) is 32.7 Å². The molecule has 2 aliphatic rings. The van der Waals surface area contributed by atoms with Crippen molar-refractivity contribution in [2.75, 3.05) is 52.8 Å². The Morgan fingerprint density at radius 2 is 1.34 bits per heavy atom. The third kappa shape index (κ3) is 8.79. The van der Waals surface area contributed by atoms with E-state index >= 15 is 0 Å². The molecule has 64 heavy (non-hydrogen) atoms. The van der Waals surface area contributed by atoms with Gasteiger partial charge in [-0.25, -0.2) is 18.4 Å². The van der Waals surface area contributed by atoms with E-state index in [0.29, 0.717) is 28.8 Å². The Hall–Kier alpha value is -8.52. The number of hydrogen-bond acceptors (Lipinski definition) is 10. The number of nitriles is 2. The van der Waals surface area contributed by atoms with E-state index in [1.54, 1.807) is 48.2 Å². The Morgan fingerprint density at radius 1 is 0.781 bits per heavy atom. The van der Waals surface area contributed by atoms with Crippen LogP contribution in [-0.2, 0) is 11.1 Å². The van der Waals surface area contributed by atoms with Gasteiger partial charge in [-0.1, -0.05) is 30.9 Å². The number of amides is 6. The first-order valence-electron chi connectivity index (χ1n) is 19.8. The third-order valence-electron chi connectivity index (χ3n) is 11.0. The van der Waals surface area contributed by atoms with Crippen LogP contribution in [0.25, 0.3) is 0 Å². The van der Waals surface area contributed by atoms with Gasteiger partial charge in [0.2, 0.25) is 0 Å². The molecule has 2 fully saturated rings. The number of nitrogens with one attached hydrogen (secondary N) is 5. The molecule has 2 aromatic heterocycles. The minimum atomic E-state index is -1.04. The van der Waals surface area contributed by atoms with Crippen molar-refractivity contribution in [3.05, 3.63) is 132 Å². The minimum absolute atomic E-state index is 0.00467. The molecule has 0 radical (unpaired) electrons. The first-order chi connectivity index (χ1) is 30.7. The maximum absolute atomic E-state index is 14.3. The standard InChI is InChI=1S/C44H42F2N14O4/c1-4-29(5-2)50-39-33(22-60(56-39)44(17-19-48)25-58(26-44)42(64)54-36-15-10-28(45)20-34(36)46)40(62)52-31-13-11-30(12-14-31)51-38-32(37(49)61)21-59(55-38)43(16-18-47)23-57(24-43)41(63)53-35-9-7-6-8-27(35)3/h4-15,20-22H,1,16-17,23-26H2,2-3H3,(H2,49,61)(H,50,56)(H,51,55)(H,52,62)(H,53,63)(H,54,64)/b29-5+. The first-order valence-corrected chi connectivity index (χ1v) is 19.8. The summed E-state index contributed by atoms with van der Waals surface area (Å²) in [6.45, 7) is 7.72. The van der Waals surface area contributed by atoms with Gasteiger partial charge < -0.3 is 42.1 Å². The van der Waals surface area contributed by atoms with Crippen molar-refractivity contribution >= 4 is 58.3 Å². The first kappa shape index (κ1) is 43.6. The monoisotopic (exact) mass is 868 g/mol. The highest BCUT2D eigenvalue weighted by Gasteiger charge is 2.49. The van der Waals surface area contributed by atoms with Crippen LogP contribution in [0.3, 0.4) is 0 Å². The molecule has 7 N–H and O–H groups in total. The van der Waals surface area contributed by atoms with Crippen LogP contribution >= 0.6 is 0 Å². The number of nitrogens with zero attached hydrogens (tertiary/aromatic N) is 8. The van der Waals surface area contributed by atoms with Crippen molar-refractivity contribution in [1.29, 1.82) is 10.5 Å². The number of allylic oxidation sites excluding steroid dienone is 2. The molecule has 2 aliphatic heterocycles. The molecular formula is C44H42F2N14O4. The lowest BCUT2D eigenvalue weighted by atomic mass is 9.87. The Kier molecular flexibility index (Phi) is 12.1. The molecule has 0 saturated carbocycles. The zero-order valence-corrected chi connectivity index (χ0v) is 34.7. The number of anilines is 6. The summed E-state index contributed by atoms with van der Waals surface area (Å²) in [5.74, 6) is -2.82. The van der Waals surface area contributed by atoms with E-state index in [4.69, 9.17) is 5.73 Å². The summed E-state index contributed by atoms with van der Waals surface area (Å²) in [6.07, 6.45) is 6.09.